The number of ether oxygens (including phenoxy) is 1. The summed E-state index contributed by atoms with van der Waals surface area (Å²) in [6.07, 6.45) is 3.39. The normalized spacial score (nSPS) is 15.5. The van der Waals surface area contributed by atoms with Gasteiger partial charge >= 0.3 is 0 Å². The molecule has 0 spiro atoms. The Morgan fingerprint density at radius 3 is 2.75 bits per heavy atom. The smallest absolute Gasteiger partial charge is 0.173 e. The highest BCUT2D eigenvalue weighted by Crippen LogP contribution is 2.40. The van der Waals surface area contributed by atoms with E-state index in [1.54, 1.807) is 12.4 Å². The van der Waals surface area contributed by atoms with E-state index in [4.69, 9.17) is 27.9 Å². The summed E-state index contributed by atoms with van der Waals surface area (Å²) in [7, 11) is 0. The maximum absolute atomic E-state index is 6.13. The van der Waals surface area contributed by atoms with E-state index in [2.05, 4.69) is 35.7 Å². The second-order valence-electron chi connectivity index (χ2n) is 5.83. The van der Waals surface area contributed by atoms with Crippen molar-refractivity contribution in [2.45, 2.75) is 26.1 Å². The Morgan fingerprint density at radius 1 is 1.25 bits per heavy atom. The molecular formula is C14H13Cl2N7O. The Bertz CT molecular complexity index is 904. The van der Waals surface area contributed by atoms with Crippen LogP contribution in [0.5, 0.6) is 0 Å². The molecule has 124 valence electrons. The van der Waals surface area contributed by atoms with Gasteiger partial charge in [0.05, 0.1) is 24.1 Å². The molecule has 1 aliphatic heterocycles. The van der Waals surface area contributed by atoms with Crippen LogP contribution in [-0.2, 0) is 16.9 Å². The van der Waals surface area contributed by atoms with E-state index in [-0.39, 0.29) is 5.15 Å². The predicted molar refractivity (Wildman–Crippen MR) is 89.3 cm³/mol. The van der Waals surface area contributed by atoms with E-state index >= 15 is 0 Å². The molecule has 0 atom stereocenters. The number of aromatic amines is 2. The van der Waals surface area contributed by atoms with Gasteiger partial charge in [-0.2, -0.15) is 10.2 Å². The Balaban J connectivity index is 1.85. The number of nitrogens with zero attached hydrogens (tertiary/aromatic N) is 4. The second-order valence-corrected chi connectivity index (χ2v) is 6.59. The van der Waals surface area contributed by atoms with E-state index in [1.807, 2.05) is 13.8 Å². The lowest BCUT2D eigenvalue weighted by Crippen LogP contribution is -2.17. The minimum Gasteiger partial charge on any atom is -0.364 e. The average Bonchev–Trinajstić information content (AvgIpc) is 3.25. The Kier molecular flexibility index (Phi) is 3.48. The van der Waals surface area contributed by atoms with Crippen LogP contribution in [0.15, 0.2) is 12.4 Å². The van der Waals surface area contributed by atoms with Crippen LogP contribution in [0.2, 0.25) is 10.2 Å². The summed E-state index contributed by atoms with van der Waals surface area (Å²) in [5.74, 6) is 1.50. The van der Waals surface area contributed by atoms with Crippen molar-refractivity contribution in [2.24, 2.45) is 0 Å². The molecule has 24 heavy (non-hydrogen) atoms. The molecule has 0 fully saturated rings. The van der Waals surface area contributed by atoms with E-state index < -0.39 is 5.60 Å². The molecule has 3 aromatic rings. The molecule has 3 aromatic heterocycles. The van der Waals surface area contributed by atoms with Crippen LogP contribution in [0.4, 0.5) is 11.6 Å². The van der Waals surface area contributed by atoms with Gasteiger partial charge in [-0.1, -0.05) is 23.2 Å². The van der Waals surface area contributed by atoms with Gasteiger partial charge in [0.2, 0.25) is 0 Å². The number of hydrogen-bond donors (Lipinski definition) is 3. The fraction of sp³-hybridized carbons (Fsp3) is 0.286. The van der Waals surface area contributed by atoms with Crippen LogP contribution < -0.4 is 5.32 Å². The van der Waals surface area contributed by atoms with Crippen LogP contribution in [0, 0.1) is 0 Å². The van der Waals surface area contributed by atoms with Crippen LogP contribution in [-0.4, -0.2) is 30.4 Å². The van der Waals surface area contributed by atoms with Crippen molar-refractivity contribution in [1.82, 2.24) is 30.4 Å². The summed E-state index contributed by atoms with van der Waals surface area (Å²) < 4.78 is 5.84. The third-order valence-electron chi connectivity index (χ3n) is 3.81. The number of anilines is 2. The third kappa shape index (κ3) is 2.43. The van der Waals surface area contributed by atoms with Crippen molar-refractivity contribution in [1.29, 1.82) is 0 Å². The zero-order valence-electron chi connectivity index (χ0n) is 12.8. The second kappa shape index (κ2) is 5.44. The van der Waals surface area contributed by atoms with Gasteiger partial charge in [0.1, 0.15) is 21.6 Å². The minimum atomic E-state index is -0.514. The van der Waals surface area contributed by atoms with Gasteiger partial charge in [0.25, 0.3) is 0 Å². The number of hydrogen-bond acceptors (Lipinski definition) is 6. The number of aromatic nitrogens is 6. The molecule has 8 nitrogen and oxygen atoms in total. The van der Waals surface area contributed by atoms with Crippen molar-refractivity contribution in [3.63, 3.8) is 0 Å². The summed E-state index contributed by atoms with van der Waals surface area (Å²) in [5.41, 5.74) is 1.94. The number of rotatable bonds is 3. The number of halogens is 2. The maximum atomic E-state index is 6.13. The number of H-pyrrole nitrogens is 2. The number of nitrogens with one attached hydrogen (secondary N) is 3. The first kappa shape index (κ1) is 15.4. The fourth-order valence-corrected chi connectivity index (χ4v) is 2.81. The summed E-state index contributed by atoms with van der Waals surface area (Å²) in [4.78, 5) is 9.24. The van der Waals surface area contributed by atoms with Gasteiger partial charge in [-0.25, -0.2) is 9.97 Å². The largest absolute Gasteiger partial charge is 0.364 e. The highest BCUT2D eigenvalue weighted by molar-refractivity contribution is 6.42. The molecule has 0 aliphatic carbocycles. The van der Waals surface area contributed by atoms with Gasteiger partial charge in [-0.15, -0.1) is 0 Å². The van der Waals surface area contributed by atoms with Crippen molar-refractivity contribution in [3.8, 4) is 11.4 Å². The van der Waals surface area contributed by atoms with Crippen molar-refractivity contribution in [2.75, 3.05) is 5.32 Å². The lowest BCUT2D eigenvalue weighted by Gasteiger charge is -2.18. The molecule has 1 aliphatic rings. The maximum Gasteiger partial charge on any atom is 0.173 e. The summed E-state index contributed by atoms with van der Waals surface area (Å²) in [6.45, 7) is 4.33. The Morgan fingerprint density at radius 2 is 2.08 bits per heavy atom. The fourth-order valence-electron chi connectivity index (χ4n) is 2.55. The monoisotopic (exact) mass is 365 g/mol. The zero-order valence-corrected chi connectivity index (χ0v) is 14.3. The van der Waals surface area contributed by atoms with Gasteiger partial charge < -0.3 is 10.1 Å². The molecule has 0 saturated heterocycles. The van der Waals surface area contributed by atoms with E-state index in [9.17, 15) is 0 Å². The van der Waals surface area contributed by atoms with Gasteiger partial charge in [-0.05, 0) is 13.8 Å². The van der Waals surface area contributed by atoms with Gasteiger partial charge in [-0.3, -0.25) is 10.2 Å². The molecule has 0 bridgehead atoms. The molecule has 10 heteroatoms. The SMILES string of the molecule is CC1(C)OCc2c(Nc3n[nH]c(Cl)c3Cl)nc(-c3cn[nH]c3)nc21. The molecule has 3 N–H and O–H groups in total. The highest BCUT2D eigenvalue weighted by Gasteiger charge is 2.36. The third-order valence-corrected chi connectivity index (χ3v) is 4.55. The van der Waals surface area contributed by atoms with Crippen LogP contribution in [0.25, 0.3) is 11.4 Å². The van der Waals surface area contributed by atoms with Crippen LogP contribution in [0.3, 0.4) is 0 Å². The quantitative estimate of drug-likeness (QED) is 0.656. The Hall–Kier alpha value is -2.16. The topological polar surface area (TPSA) is 104 Å². The van der Waals surface area contributed by atoms with E-state index in [0.29, 0.717) is 29.1 Å². The molecule has 4 rings (SSSR count). The van der Waals surface area contributed by atoms with Crippen molar-refractivity contribution < 1.29 is 4.74 Å². The zero-order chi connectivity index (χ0) is 16.9. The first-order chi connectivity index (χ1) is 11.5. The molecule has 0 amide bonds. The van der Waals surface area contributed by atoms with E-state index in [0.717, 1.165) is 16.8 Å². The van der Waals surface area contributed by atoms with Gasteiger partial charge in [0, 0.05) is 11.8 Å². The molecule has 4 heterocycles. The predicted octanol–water partition coefficient (Wildman–Crippen LogP) is 3.41. The summed E-state index contributed by atoms with van der Waals surface area (Å²) in [6, 6.07) is 0. The average molecular weight is 366 g/mol. The summed E-state index contributed by atoms with van der Waals surface area (Å²) >= 11 is 12.0. The lowest BCUT2D eigenvalue weighted by molar-refractivity contribution is -0.00995. The summed E-state index contributed by atoms with van der Waals surface area (Å²) in [5, 5.41) is 17.0. The Labute approximate surface area is 147 Å². The van der Waals surface area contributed by atoms with Gasteiger partial charge in [0.15, 0.2) is 11.6 Å². The highest BCUT2D eigenvalue weighted by atomic mass is 35.5. The van der Waals surface area contributed by atoms with Crippen LogP contribution >= 0.6 is 23.2 Å². The van der Waals surface area contributed by atoms with Crippen molar-refractivity contribution in [3.05, 3.63) is 33.8 Å². The first-order valence-corrected chi connectivity index (χ1v) is 7.92. The number of fused-ring (bicyclic) bond motifs is 1. The molecule has 0 radical (unpaired) electrons. The molecule has 0 aromatic carbocycles. The first-order valence-electron chi connectivity index (χ1n) is 7.16. The molecular weight excluding hydrogens is 353 g/mol. The van der Waals surface area contributed by atoms with Crippen LogP contribution in [0.1, 0.15) is 25.1 Å². The van der Waals surface area contributed by atoms with E-state index in [1.165, 1.54) is 0 Å². The lowest BCUT2D eigenvalue weighted by atomic mass is 10.0. The molecule has 0 unspecified atom stereocenters. The van der Waals surface area contributed by atoms with Crippen molar-refractivity contribution >= 4 is 34.8 Å². The molecule has 0 saturated carbocycles. The standard InChI is InChI=1S/C14H13Cl2N7O/c1-14(2)9-7(5-24-14)12(21-13-8(15)10(16)22-23-13)20-11(19-9)6-3-17-18-4-6/h3-4H,5H2,1-2H3,(H,17,18)(H2,19,20,21,22,23). The minimum absolute atomic E-state index is 0.261.